The smallest absolute Gasteiger partial charge is 0.253 e. The standard InChI is InChI=1S/C19H20N4OS2/c1-25-15-6-7-16-17(10-15)26-19(22-16)23-9-3-5-14(12-23)21-18(24)13-4-2-8-20-11-13/h2,4,6-8,10-11,14H,3,5,9,12H2,1H3,(H,21,24). The lowest BCUT2D eigenvalue weighted by atomic mass is 10.1. The van der Waals surface area contributed by atoms with Gasteiger partial charge in [-0.15, -0.1) is 11.8 Å². The van der Waals surface area contributed by atoms with Gasteiger partial charge >= 0.3 is 0 Å². The Balaban J connectivity index is 1.47. The van der Waals surface area contributed by atoms with Crippen molar-refractivity contribution in [1.82, 2.24) is 15.3 Å². The van der Waals surface area contributed by atoms with E-state index in [9.17, 15) is 4.79 Å². The highest BCUT2D eigenvalue weighted by Gasteiger charge is 2.24. The number of pyridine rings is 1. The van der Waals surface area contributed by atoms with E-state index in [2.05, 4.69) is 39.7 Å². The maximum Gasteiger partial charge on any atom is 0.253 e. The molecule has 1 unspecified atom stereocenters. The number of carbonyl (C=O) groups excluding carboxylic acids is 1. The molecule has 1 aliphatic heterocycles. The summed E-state index contributed by atoms with van der Waals surface area (Å²) in [5.74, 6) is -0.0566. The fourth-order valence-electron chi connectivity index (χ4n) is 3.19. The van der Waals surface area contributed by atoms with Crippen LogP contribution >= 0.6 is 23.1 Å². The number of aromatic nitrogens is 2. The minimum Gasteiger partial charge on any atom is -0.347 e. The summed E-state index contributed by atoms with van der Waals surface area (Å²) in [7, 11) is 0. The maximum absolute atomic E-state index is 12.4. The third-order valence-corrected chi connectivity index (χ3v) is 6.34. The largest absolute Gasteiger partial charge is 0.347 e. The second-order valence-electron chi connectivity index (χ2n) is 6.33. The molecular formula is C19H20N4OS2. The van der Waals surface area contributed by atoms with Gasteiger partial charge in [0, 0.05) is 36.4 Å². The van der Waals surface area contributed by atoms with Crippen molar-refractivity contribution in [1.29, 1.82) is 0 Å². The number of thioether (sulfide) groups is 1. The van der Waals surface area contributed by atoms with Gasteiger partial charge in [0.25, 0.3) is 5.91 Å². The molecule has 1 N–H and O–H groups in total. The van der Waals surface area contributed by atoms with Gasteiger partial charge < -0.3 is 10.2 Å². The van der Waals surface area contributed by atoms with E-state index in [1.807, 2.05) is 0 Å². The van der Waals surface area contributed by atoms with E-state index in [-0.39, 0.29) is 11.9 Å². The molecule has 1 fully saturated rings. The monoisotopic (exact) mass is 384 g/mol. The Kier molecular flexibility index (Phi) is 5.08. The molecule has 1 atom stereocenters. The number of anilines is 1. The first-order valence-electron chi connectivity index (χ1n) is 8.63. The summed E-state index contributed by atoms with van der Waals surface area (Å²) >= 11 is 3.48. The lowest BCUT2D eigenvalue weighted by molar-refractivity contribution is 0.0933. The molecule has 0 aliphatic carbocycles. The van der Waals surface area contributed by atoms with Crippen LogP contribution in [-0.2, 0) is 0 Å². The topological polar surface area (TPSA) is 58.1 Å². The predicted octanol–water partition coefficient (Wildman–Crippen LogP) is 3.81. The summed E-state index contributed by atoms with van der Waals surface area (Å²) in [5, 5.41) is 4.18. The second-order valence-corrected chi connectivity index (χ2v) is 8.22. The van der Waals surface area contributed by atoms with Crippen molar-refractivity contribution in [3.05, 3.63) is 48.3 Å². The third kappa shape index (κ3) is 3.68. The second kappa shape index (κ2) is 7.63. The van der Waals surface area contributed by atoms with Crippen LogP contribution in [0.3, 0.4) is 0 Å². The maximum atomic E-state index is 12.4. The van der Waals surface area contributed by atoms with E-state index in [1.165, 1.54) is 9.60 Å². The van der Waals surface area contributed by atoms with Crippen molar-refractivity contribution in [2.24, 2.45) is 0 Å². The zero-order chi connectivity index (χ0) is 17.9. The first kappa shape index (κ1) is 17.3. The fourth-order valence-corrected chi connectivity index (χ4v) is 4.74. The fraction of sp³-hybridized carbons (Fsp3) is 0.316. The highest BCUT2D eigenvalue weighted by atomic mass is 32.2. The average Bonchev–Trinajstić information content (AvgIpc) is 3.12. The molecule has 3 aromatic rings. The SMILES string of the molecule is CSc1ccc2nc(N3CCCC(NC(=O)c4cccnc4)C3)sc2c1. The molecule has 1 amide bonds. The molecule has 1 saturated heterocycles. The van der Waals surface area contributed by atoms with Crippen LogP contribution in [0.2, 0.25) is 0 Å². The summed E-state index contributed by atoms with van der Waals surface area (Å²) in [5.41, 5.74) is 1.65. The van der Waals surface area contributed by atoms with Crippen LogP contribution in [0, 0.1) is 0 Å². The molecule has 5 nitrogen and oxygen atoms in total. The van der Waals surface area contributed by atoms with Crippen molar-refractivity contribution in [2.75, 3.05) is 24.2 Å². The summed E-state index contributed by atoms with van der Waals surface area (Å²) in [6, 6.07) is 10.1. The summed E-state index contributed by atoms with van der Waals surface area (Å²) < 4.78 is 1.22. The van der Waals surface area contributed by atoms with Crippen LogP contribution in [0.4, 0.5) is 5.13 Å². The van der Waals surface area contributed by atoms with E-state index in [0.717, 1.165) is 36.6 Å². The van der Waals surface area contributed by atoms with Crippen molar-refractivity contribution < 1.29 is 4.79 Å². The van der Waals surface area contributed by atoms with Crippen molar-refractivity contribution in [2.45, 2.75) is 23.8 Å². The van der Waals surface area contributed by atoms with E-state index in [4.69, 9.17) is 4.98 Å². The molecule has 2 aromatic heterocycles. The van der Waals surface area contributed by atoms with Crippen LogP contribution in [0.15, 0.2) is 47.6 Å². The molecule has 1 aromatic carbocycles. The molecule has 1 aliphatic rings. The van der Waals surface area contributed by atoms with Gasteiger partial charge in [-0.2, -0.15) is 0 Å². The lowest BCUT2D eigenvalue weighted by Gasteiger charge is -2.32. The van der Waals surface area contributed by atoms with Gasteiger partial charge in [0.2, 0.25) is 0 Å². The number of piperidine rings is 1. The quantitative estimate of drug-likeness (QED) is 0.693. The van der Waals surface area contributed by atoms with E-state index in [1.54, 1.807) is 47.6 Å². The molecular weight excluding hydrogens is 364 g/mol. The predicted molar refractivity (Wildman–Crippen MR) is 108 cm³/mol. The van der Waals surface area contributed by atoms with Gasteiger partial charge in [0.05, 0.1) is 15.8 Å². The number of nitrogens with zero attached hydrogens (tertiary/aromatic N) is 3. The number of hydrogen-bond acceptors (Lipinski definition) is 6. The van der Waals surface area contributed by atoms with Gasteiger partial charge in [-0.3, -0.25) is 9.78 Å². The molecule has 26 heavy (non-hydrogen) atoms. The number of fused-ring (bicyclic) bond motifs is 1. The first-order valence-corrected chi connectivity index (χ1v) is 10.7. The lowest BCUT2D eigenvalue weighted by Crippen LogP contribution is -2.47. The zero-order valence-electron chi connectivity index (χ0n) is 14.5. The molecule has 0 bridgehead atoms. The van der Waals surface area contributed by atoms with Gasteiger partial charge in [-0.25, -0.2) is 4.98 Å². The minimum absolute atomic E-state index is 0.0566. The molecule has 7 heteroatoms. The van der Waals surface area contributed by atoms with Crippen LogP contribution < -0.4 is 10.2 Å². The number of hydrogen-bond donors (Lipinski definition) is 1. The first-order chi connectivity index (χ1) is 12.7. The highest BCUT2D eigenvalue weighted by Crippen LogP contribution is 2.32. The number of amides is 1. The summed E-state index contributed by atoms with van der Waals surface area (Å²) in [6.07, 6.45) is 7.40. The van der Waals surface area contributed by atoms with Gasteiger partial charge in [-0.05, 0) is 49.4 Å². The van der Waals surface area contributed by atoms with Gasteiger partial charge in [0.15, 0.2) is 5.13 Å². The van der Waals surface area contributed by atoms with Crippen molar-refractivity contribution in [3.8, 4) is 0 Å². The summed E-state index contributed by atoms with van der Waals surface area (Å²) in [6.45, 7) is 1.77. The average molecular weight is 385 g/mol. The Morgan fingerprint density at radius 2 is 2.31 bits per heavy atom. The summed E-state index contributed by atoms with van der Waals surface area (Å²) in [4.78, 5) is 24.7. The van der Waals surface area contributed by atoms with Gasteiger partial charge in [0.1, 0.15) is 0 Å². The Labute approximate surface area is 160 Å². The Morgan fingerprint density at radius 1 is 1.38 bits per heavy atom. The molecule has 134 valence electrons. The minimum atomic E-state index is -0.0566. The van der Waals surface area contributed by atoms with E-state index >= 15 is 0 Å². The molecule has 0 saturated carbocycles. The highest BCUT2D eigenvalue weighted by molar-refractivity contribution is 7.98. The normalized spacial score (nSPS) is 17.4. The van der Waals surface area contributed by atoms with Crippen LogP contribution in [-0.4, -0.2) is 41.3 Å². The number of benzene rings is 1. The molecule has 4 rings (SSSR count). The Morgan fingerprint density at radius 3 is 3.12 bits per heavy atom. The number of rotatable bonds is 4. The van der Waals surface area contributed by atoms with Crippen LogP contribution in [0.1, 0.15) is 23.2 Å². The Hall–Kier alpha value is -2.12. The number of nitrogens with one attached hydrogen (secondary N) is 1. The number of thiazole rings is 1. The van der Waals surface area contributed by atoms with Crippen LogP contribution in [0.25, 0.3) is 10.2 Å². The third-order valence-electron chi connectivity index (χ3n) is 4.54. The van der Waals surface area contributed by atoms with E-state index in [0.29, 0.717) is 5.56 Å². The number of carbonyl (C=O) groups is 1. The molecule has 0 radical (unpaired) electrons. The van der Waals surface area contributed by atoms with E-state index < -0.39 is 0 Å². The van der Waals surface area contributed by atoms with Crippen molar-refractivity contribution >= 4 is 44.4 Å². The molecule has 0 spiro atoms. The van der Waals surface area contributed by atoms with Crippen molar-refractivity contribution in [3.63, 3.8) is 0 Å². The Bertz CT molecular complexity index is 912. The molecule has 3 heterocycles. The van der Waals surface area contributed by atoms with Crippen LogP contribution in [0.5, 0.6) is 0 Å². The van der Waals surface area contributed by atoms with Gasteiger partial charge in [-0.1, -0.05) is 11.3 Å². The zero-order valence-corrected chi connectivity index (χ0v) is 16.1.